The first-order valence-electron chi connectivity index (χ1n) is 12.5. The van der Waals surface area contributed by atoms with Crippen LogP contribution in [0.2, 0.25) is 0 Å². The lowest BCUT2D eigenvalue weighted by molar-refractivity contribution is -0.151. The van der Waals surface area contributed by atoms with Crippen molar-refractivity contribution in [2.75, 3.05) is 13.2 Å². The zero-order chi connectivity index (χ0) is 27.3. The van der Waals surface area contributed by atoms with Gasteiger partial charge in [-0.3, -0.25) is 14.6 Å². The molecule has 0 aliphatic carbocycles. The molecule has 1 aromatic carbocycles. The average Bonchev–Trinajstić information content (AvgIpc) is 3.54. The van der Waals surface area contributed by atoms with E-state index < -0.39 is 29.7 Å². The van der Waals surface area contributed by atoms with Crippen LogP contribution in [0.3, 0.4) is 0 Å². The summed E-state index contributed by atoms with van der Waals surface area (Å²) in [5.74, 6) is -1.35. The van der Waals surface area contributed by atoms with E-state index in [0.717, 1.165) is 54.2 Å². The Bertz CT molecular complexity index is 1360. The Labute approximate surface area is 221 Å². The first-order chi connectivity index (χ1) is 18.2. The van der Waals surface area contributed by atoms with Crippen LogP contribution in [-0.2, 0) is 22.3 Å². The maximum absolute atomic E-state index is 13.5. The molecule has 8 nitrogen and oxygen atoms in total. The molecule has 3 aromatic rings. The van der Waals surface area contributed by atoms with Crippen LogP contribution >= 0.6 is 11.3 Å². The third-order valence-electron chi connectivity index (χ3n) is 6.09. The fraction of sp³-hybridized carbons (Fsp3) is 0.462. The number of carbonyl (C=O) groups is 2. The summed E-state index contributed by atoms with van der Waals surface area (Å²) in [4.78, 5) is 34.2. The van der Waals surface area contributed by atoms with Crippen molar-refractivity contribution in [1.82, 2.24) is 14.9 Å². The van der Waals surface area contributed by atoms with Gasteiger partial charge in [0.15, 0.2) is 4.80 Å². The number of fused-ring (bicyclic) bond motifs is 1. The number of esters is 1. The second-order valence-electron chi connectivity index (χ2n) is 9.07. The van der Waals surface area contributed by atoms with Gasteiger partial charge in [0.05, 0.1) is 27.5 Å². The predicted octanol–water partition coefficient (Wildman–Crippen LogP) is 4.72. The monoisotopic (exact) mass is 550 g/mol. The van der Waals surface area contributed by atoms with Crippen molar-refractivity contribution in [3.8, 4) is 5.75 Å². The first kappa shape index (κ1) is 27.8. The number of alkyl halides is 3. The van der Waals surface area contributed by atoms with E-state index in [2.05, 4.69) is 15.3 Å². The minimum atomic E-state index is -4.66. The SMILES string of the molecule is CCCCn1c(=NC(=O)c2cc(C(F)(F)F)ccc2OC[C@H](C)OC(=O)[C@@H]2CCCN2)sc2ccncc21. The summed E-state index contributed by atoms with van der Waals surface area (Å²) in [5, 5.41) is 3.05. The van der Waals surface area contributed by atoms with Crippen LogP contribution in [0.25, 0.3) is 10.2 Å². The molecule has 0 unspecified atom stereocenters. The zero-order valence-electron chi connectivity index (χ0n) is 21.1. The van der Waals surface area contributed by atoms with Gasteiger partial charge in [-0.05, 0) is 57.0 Å². The highest BCUT2D eigenvalue weighted by molar-refractivity contribution is 7.16. The number of rotatable bonds is 9. The molecular weight excluding hydrogens is 521 g/mol. The molecule has 1 N–H and O–H groups in total. The highest BCUT2D eigenvalue weighted by Crippen LogP contribution is 2.33. The van der Waals surface area contributed by atoms with Crippen molar-refractivity contribution in [2.24, 2.45) is 4.99 Å². The zero-order valence-corrected chi connectivity index (χ0v) is 21.9. The summed E-state index contributed by atoms with van der Waals surface area (Å²) in [6, 6.07) is 4.10. The largest absolute Gasteiger partial charge is 0.489 e. The van der Waals surface area contributed by atoms with Crippen molar-refractivity contribution in [3.63, 3.8) is 0 Å². The van der Waals surface area contributed by atoms with E-state index in [1.54, 1.807) is 25.4 Å². The molecule has 1 amide bonds. The second-order valence-corrected chi connectivity index (χ2v) is 10.1. The van der Waals surface area contributed by atoms with E-state index in [-0.39, 0.29) is 24.0 Å². The van der Waals surface area contributed by atoms with Gasteiger partial charge in [0, 0.05) is 12.7 Å². The Kier molecular flexibility index (Phi) is 8.83. The van der Waals surface area contributed by atoms with Gasteiger partial charge in [-0.2, -0.15) is 18.2 Å². The van der Waals surface area contributed by atoms with E-state index in [4.69, 9.17) is 9.47 Å². The quantitative estimate of drug-likeness (QED) is 0.388. The van der Waals surface area contributed by atoms with E-state index >= 15 is 0 Å². The maximum Gasteiger partial charge on any atom is 0.416 e. The van der Waals surface area contributed by atoms with E-state index in [0.29, 0.717) is 17.8 Å². The number of unbranched alkanes of at least 4 members (excludes halogenated alkanes) is 1. The molecule has 12 heteroatoms. The normalized spacial score (nSPS) is 17.1. The minimum Gasteiger partial charge on any atom is -0.489 e. The Morgan fingerprint density at radius 1 is 1.32 bits per heavy atom. The van der Waals surface area contributed by atoms with Gasteiger partial charge in [-0.1, -0.05) is 24.7 Å². The van der Waals surface area contributed by atoms with Gasteiger partial charge >= 0.3 is 12.1 Å². The Morgan fingerprint density at radius 2 is 2.13 bits per heavy atom. The van der Waals surface area contributed by atoms with Crippen molar-refractivity contribution in [1.29, 1.82) is 0 Å². The smallest absolute Gasteiger partial charge is 0.416 e. The number of ether oxygens (including phenoxy) is 2. The van der Waals surface area contributed by atoms with Crippen LogP contribution in [0.5, 0.6) is 5.75 Å². The molecule has 1 saturated heterocycles. The molecule has 38 heavy (non-hydrogen) atoms. The molecule has 2 aromatic heterocycles. The van der Waals surface area contributed by atoms with Crippen LogP contribution < -0.4 is 14.9 Å². The number of hydrogen-bond acceptors (Lipinski definition) is 7. The summed E-state index contributed by atoms with van der Waals surface area (Å²) < 4.78 is 54.2. The molecule has 204 valence electrons. The number of carbonyl (C=O) groups excluding carboxylic acids is 2. The van der Waals surface area contributed by atoms with Crippen LogP contribution in [0.15, 0.2) is 41.7 Å². The second kappa shape index (κ2) is 12.1. The summed E-state index contributed by atoms with van der Waals surface area (Å²) in [7, 11) is 0. The number of hydrogen-bond donors (Lipinski definition) is 1. The van der Waals surface area contributed by atoms with Crippen molar-refractivity contribution in [2.45, 2.75) is 64.4 Å². The predicted molar refractivity (Wildman–Crippen MR) is 136 cm³/mol. The molecule has 0 bridgehead atoms. The molecule has 0 saturated carbocycles. The molecular formula is C26H29F3N4O4S. The number of benzene rings is 1. The van der Waals surface area contributed by atoms with Gasteiger partial charge < -0.3 is 19.4 Å². The van der Waals surface area contributed by atoms with Crippen molar-refractivity contribution < 1.29 is 32.2 Å². The van der Waals surface area contributed by atoms with Crippen LogP contribution in [-0.4, -0.2) is 46.7 Å². The van der Waals surface area contributed by atoms with E-state index in [1.165, 1.54) is 11.3 Å². The lowest BCUT2D eigenvalue weighted by Gasteiger charge is -2.18. The van der Waals surface area contributed by atoms with E-state index in [9.17, 15) is 22.8 Å². The fourth-order valence-electron chi connectivity index (χ4n) is 4.09. The van der Waals surface area contributed by atoms with Gasteiger partial charge in [0.25, 0.3) is 5.91 Å². The van der Waals surface area contributed by atoms with Crippen molar-refractivity contribution in [3.05, 3.63) is 52.6 Å². The standard InChI is InChI=1S/C26H29F3N4O4S/c1-3-4-12-33-20-14-30-11-9-22(20)38-25(33)32-23(34)18-13-17(26(27,28)29)7-8-21(18)36-15-16(2)37-24(35)19-6-5-10-31-19/h7-9,11,13-14,16,19,31H,3-6,10,12,15H2,1-2H3/t16-,19-/m0/s1. The molecule has 0 spiro atoms. The van der Waals surface area contributed by atoms with Crippen molar-refractivity contribution >= 4 is 33.4 Å². The number of halogens is 3. The average molecular weight is 551 g/mol. The Morgan fingerprint density at radius 3 is 2.84 bits per heavy atom. The molecule has 2 atom stereocenters. The van der Waals surface area contributed by atoms with Crippen LogP contribution in [0.4, 0.5) is 13.2 Å². The lowest BCUT2D eigenvalue weighted by atomic mass is 10.1. The number of nitrogens with one attached hydrogen (secondary N) is 1. The summed E-state index contributed by atoms with van der Waals surface area (Å²) in [6.07, 6.45) is 1.25. The maximum atomic E-state index is 13.5. The number of aryl methyl sites for hydroxylation is 1. The number of amides is 1. The number of thiazole rings is 1. The van der Waals surface area contributed by atoms with E-state index in [1.807, 2.05) is 11.5 Å². The molecule has 1 fully saturated rings. The fourth-order valence-corrected chi connectivity index (χ4v) is 5.11. The minimum absolute atomic E-state index is 0.0727. The van der Waals surface area contributed by atoms with Gasteiger partial charge in [-0.25, -0.2) is 0 Å². The third kappa shape index (κ3) is 6.60. The summed E-state index contributed by atoms with van der Waals surface area (Å²) in [6.45, 7) is 4.82. The molecule has 4 rings (SSSR count). The number of nitrogens with zero attached hydrogens (tertiary/aromatic N) is 3. The molecule has 3 heterocycles. The van der Waals surface area contributed by atoms with Gasteiger partial charge in [0.2, 0.25) is 0 Å². The number of aromatic nitrogens is 2. The van der Waals surface area contributed by atoms with Gasteiger partial charge in [0.1, 0.15) is 24.5 Å². The Balaban J connectivity index is 1.62. The lowest BCUT2D eigenvalue weighted by Crippen LogP contribution is -2.35. The highest BCUT2D eigenvalue weighted by Gasteiger charge is 2.32. The Hall–Kier alpha value is -3.25. The summed E-state index contributed by atoms with van der Waals surface area (Å²) in [5.41, 5.74) is -0.520. The summed E-state index contributed by atoms with van der Waals surface area (Å²) >= 11 is 1.26. The molecule has 1 aliphatic rings. The molecule has 1 aliphatic heterocycles. The van der Waals surface area contributed by atoms with Gasteiger partial charge in [-0.15, -0.1) is 0 Å². The first-order valence-corrected chi connectivity index (χ1v) is 13.3. The molecule has 0 radical (unpaired) electrons. The van der Waals surface area contributed by atoms with Crippen LogP contribution in [0, 0.1) is 0 Å². The third-order valence-corrected chi connectivity index (χ3v) is 7.15. The number of pyridine rings is 1. The topological polar surface area (TPSA) is 94.8 Å². The highest BCUT2D eigenvalue weighted by atomic mass is 32.1. The van der Waals surface area contributed by atoms with Crippen LogP contribution in [0.1, 0.15) is 55.5 Å².